The molecule has 0 spiro atoms. The van der Waals surface area contributed by atoms with Crippen molar-refractivity contribution < 1.29 is 9.53 Å². The van der Waals surface area contributed by atoms with Gasteiger partial charge < -0.3 is 14.3 Å². The molecule has 7 heteroatoms. The number of fused-ring (bicyclic) bond motifs is 1. The number of hydrogen-bond acceptors (Lipinski definition) is 4. The number of hydrogen-bond donors (Lipinski definition) is 2. The number of amides is 1. The highest BCUT2D eigenvalue weighted by Gasteiger charge is 2.17. The summed E-state index contributed by atoms with van der Waals surface area (Å²) in [6.07, 6.45) is 0.781. The molecular formula is C24H24N4O3. The van der Waals surface area contributed by atoms with Crippen molar-refractivity contribution in [2.75, 3.05) is 18.5 Å². The van der Waals surface area contributed by atoms with Gasteiger partial charge >= 0.3 is 0 Å². The molecule has 1 amide bonds. The summed E-state index contributed by atoms with van der Waals surface area (Å²) >= 11 is 0. The van der Waals surface area contributed by atoms with Gasteiger partial charge in [-0.15, -0.1) is 0 Å². The fourth-order valence-corrected chi connectivity index (χ4v) is 3.47. The van der Waals surface area contributed by atoms with E-state index in [1.165, 1.54) is 0 Å². The second-order valence-corrected chi connectivity index (χ2v) is 7.06. The molecule has 4 aromatic rings. The van der Waals surface area contributed by atoms with Gasteiger partial charge in [-0.1, -0.05) is 42.5 Å². The van der Waals surface area contributed by atoms with E-state index in [1.807, 2.05) is 66.1 Å². The van der Waals surface area contributed by atoms with Crippen molar-refractivity contribution >= 4 is 22.9 Å². The molecule has 0 aliphatic rings. The Balaban J connectivity index is 1.59. The van der Waals surface area contributed by atoms with E-state index < -0.39 is 11.5 Å². The smallest absolute Gasteiger partial charge is 0.263 e. The van der Waals surface area contributed by atoms with Crippen LogP contribution in [0.15, 0.2) is 71.5 Å². The Kier molecular flexibility index (Phi) is 6.24. The minimum absolute atomic E-state index is 0.0348. The summed E-state index contributed by atoms with van der Waals surface area (Å²) in [5.74, 6) is -0.0866. The Morgan fingerprint density at radius 1 is 1.06 bits per heavy atom. The van der Waals surface area contributed by atoms with Crippen molar-refractivity contribution in [1.82, 2.24) is 14.5 Å². The Bertz CT molecular complexity index is 1240. The van der Waals surface area contributed by atoms with Crippen LogP contribution in [-0.4, -0.2) is 33.7 Å². The zero-order valence-electron chi connectivity index (χ0n) is 17.3. The summed E-state index contributed by atoms with van der Waals surface area (Å²) in [5.41, 5.74) is 2.82. The lowest BCUT2D eigenvalue weighted by atomic mass is 10.1. The van der Waals surface area contributed by atoms with Crippen LogP contribution in [0.4, 0.5) is 5.95 Å². The highest BCUT2D eigenvalue weighted by Crippen LogP contribution is 2.21. The first-order valence-electron chi connectivity index (χ1n) is 10.3. The third-order valence-electron chi connectivity index (χ3n) is 4.99. The molecule has 158 valence electrons. The summed E-state index contributed by atoms with van der Waals surface area (Å²) in [5, 5.41) is 2.81. The van der Waals surface area contributed by atoms with Crippen LogP contribution in [0.1, 0.15) is 23.7 Å². The van der Waals surface area contributed by atoms with E-state index in [-0.39, 0.29) is 5.56 Å². The van der Waals surface area contributed by atoms with Crippen LogP contribution in [0.25, 0.3) is 22.3 Å². The average Bonchev–Trinajstić information content (AvgIpc) is 3.14. The Labute approximate surface area is 179 Å². The number of nitrogens with zero attached hydrogens (tertiary/aromatic N) is 2. The van der Waals surface area contributed by atoms with Crippen LogP contribution >= 0.6 is 0 Å². The lowest BCUT2D eigenvalue weighted by Crippen LogP contribution is -2.24. The van der Waals surface area contributed by atoms with Crippen LogP contribution in [0.2, 0.25) is 0 Å². The molecule has 0 aliphatic heterocycles. The number of imidazole rings is 1. The number of aromatic amines is 1. The molecule has 0 bridgehead atoms. The highest BCUT2D eigenvalue weighted by molar-refractivity contribution is 6.04. The number of anilines is 1. The second-order valence-electron chi connectivity index (χ2n) is 7.06. The van der Waals surface area contributed by atoms with Gasteiger partial charge in [-0.25, -0.2) is 4.98 Å². The minimum Gasteiger partial charge on any atom is -0.382 e. The van der Waals surface area contributed by atoms with E-state index in [9.17, 15) is 9.59 Å². The molecule has 0 atom stereocenters. The predicted molar refractivity (Wildman–Crippen MR) is 121 cm³/mol. The minimum atomic E-state index is -0.498. The molecular weight excluding hydrogens is 392 g/mol. The summed E-state index contributed by atoms with van der Waals surface area (Å²) in [4.78, 5) is 32.8. The number of carbonyl (C=O) groups excluding carboxylic acids is 1. The molecule has 0 fully saturated rings. The van der Waals surface area contributed by atoms with Crippen LogP contribution in [0, 0.1) is 0 Å². The quantitative estimate of drug-likeness (QED) is 0.424. The number of pyridine rings is 1. The number of carbonyl (C=O) groups is 1. The first-order chi connectivity index (χ1) is 15.2. The second kappa shape index (κ2) is 9.40. The van der Waals surface area contributed by atoms with E-state index in [0.29, 0.717) is 31.4 Å². The van der Waals surface area contributed by atoms with Crippen LogP contribution in [-0.2, 0) is 11.3 Å². The monoisotopic (exact) mass is 416 g/mol. The van der Waals surface area contributed by atoms with Gasteiger partial charge in [0.15, 0.2) is 0 Å². The maximum absolute atomic E-state index is 12.9. The molecule has 2 aromatic carbocycles. The number of aryl methyl sites for hydroxylation is 1. The lowest BCUT2D eigenvalue weighted by molar-refractivity contribution is 0.102. The highest BCUT2D eigenvalue weighted by atomic mass is 16.5. The van der Waals surface area contributed by atoms with Crippen molar-refractivity contribution in [3.05, 3.63) is 82.6 Å². The fourth-order valence-electron chi connectivity index (χ4n) is 3.47. The average molecular weight is 416 g/mol. The molecule has 4 rings (SSSR count). The van der Waals surface area contributed by atoms with Crippen LogP contribution in [0.3, 0.4) is 0 Å². The summed E-state index contributed by atoms with van der Waals surface area (Å²) in [6, 6.07) is 20.4. The van der Waals surface area contributed by atoms with Crippen molar-refractivity contribution in [2.45, 2.75) is 19.9 Å². The Morgan fingerprint density at radius 3 is 2.61 bits per heavy atom. The van der Waals surface area contributed by atoms with Gasteiger partial charge in [0.2, 0.25) is 5.95 Å². The molecule has 2 heterocycles. The number of nitrogens with one attached hydrogen (secondary N) is 2. The van der Waals surface area contributed by atoms with Crippen LogP contribution < -0.4 is 10.9 Å². The van der Waals surface area contributed by atoms with Gasteiger partial charge in [-0.2, -0.15) is 0 Å². The number of rotatable bonds is 8. The molecule has 7 nitrogen and oxygen atoms in total. The maximum atomic E-state index is 12.9. The topological polar surface area (TPSA) is 89.0 Å². The van der Waals surface area contributed by atoms with Crippen molar-refractivity contribution in [1.29, 1.82) is 0 Å². The Morgan fingerprint density at radius 2 is 1.84 bits per heavy atom. The molecule has 0 radical (unpaired) electrons. The zero-order chi connectivity index (χ0) is 21.6. The summed E-state index contributed by atoms with van der Waals surface area (Å²) in [7, 11) is 0. The lowest BCUT2D eigenvalue weighted by Gasteiger charge is -2.10. The van der Waals surface area contributed by atoms with Gasteiger partial charge in [0.05, 0.1) is 11.0 Å². The first kappa shape index (κ1) is 20.6. The maximum Gasteiger partial charge on any atom is 0.263 e. The molecule has 0 unspecified atom stereocenters. The number of para-hydroxylation sites is 2. The normalized spacial score (nSPS) is 11.0. The summed E-state index contributed by atoms with van der Waals surface area (Å²) < 4.78 is 7.37. The molecule has 0 aliphatic carbocycles. The van der Waals surface area contributed by atoms with Crippen molar-refractivity contribution in [2.24, 2.45) is 0 Å². The van der Waals surface area contributed by atoms with E-state index >= 15 is 0 Å². The van der Waals surface area contributed by atoms with Gasteiger partial charge in [-0.3, -0.25) is 14.9 Å². The van der Waals surface area contributed by atoms with Crippen molar-refractivity contribution in [3.8, 4) is 11.3 Å². The van der Waals surface area contributed by atoms with Gasteiger partial charge in [0.25, 0.3) is 11.5 Å². The zero-order valence-corrected chi connectivity index (χ0v) is 17.3. The molecule has 0 saturated heterocycles. The van der Waals surface area contributed by atoms with Gasteiger partial charge in [0.1, 0.15) is 5.56 Å². The molecule has 2 aromatic heterocycles. The number of benzene rings is 2. The number of H-pyrrole nitrogens is 1. The molecule has 0 saturated carbocycles. The number of ether oxygens (including phenoxy) is 1. The van der Waals surface area contributed by atoms with E-state index in [2.05, 4.69) is 15.3 Å². The standard InChI is InChI=1S/C24H24N4O3/c1-2-31-16-8-15-28-21-12-7-6-11-20(21)26-24(28)27-23(30)18-13-14-19(25-22(18)29)17-9-4-3-5-10-17/h3-7,9-14H,2,8,15-16H2,1H3,(H,25,29)(H,26,27,30). The van der Waals surface area contributed by atoms with Crippen LogP contribution in [0.5, 0.6) is 0 Å². The van der Waals surface area contributed by atoms with E-state index in [0.717, 1.165) is 23.0 Å². The van der Waals surface area contributed by atoms with Gasteiger partial charge in [-0.05, 0) is 43.2 Å². The van der Waals surface area contributed by atoms with E-state index in [4.69, 9.17) is 4.74 Å². The first-order valence-corrected chi connectivity index (χ1v) is 10.3. The van der Waals surface area contributed by atoms with Crippen molar-refractivity contribution in [3.63, 3.8) is 0 Å². The third kappa shape index (κ3) is 4.57. The fraction of sp³-hybridized carbons (Fsp3) is 0.208. The molecule has 31 heavy (non-hydrogen) atoms. The molecule has 2 N–H and O–H groups in total. The van der Waals surface area contributed by atoms with E-state index in [1.54, 1.807) is 12.1 Å². The SMILES string of the molecule is CCOCCCn1c(NC(=O)c2ccc(-c3ccccc3)[nH]c2=O)nc2ccccc21. The Hall–Kier alpha value is -3.71. The van der Waals surface area contributed by atoms with Gasteiger partial charge in [0, 0.05) is 25.5 Å². The largest absolute Gasteiger partial charge is 0.382 e. The predicted octanol–water partition coefficient (Wildman–Crippen LogP) is 4.07. The summed E-state index contributed by atoms with van der Waals surface area (Å²) in [6.45, 7) is 3.88. The third-order valence-corrected chi connectivity index (χ3v) is 4.99. The number of aromatic nitrogens is 3.